The van der Waals surface area contributed by atoms with E-state index >= 15 is 0 Å². The zero-order valence-electron chi connectivity index (χ0n) is 17.0. The second-order valence-corrected chi connectivity index (χ2v) is 7.06. The number of hydrogen-bond donors (Lipinski definition) is 3. The van der Waals surface area contributed by atoms with Gasteiger partial charge in [0.05, 0.1) is 18.1 Å². The third kappa shape index (κ3) is 5.32. The number of ketones is 1. The van der Waals surface area contributed by atoms with Crippen LogP contribution in [0.1, 0.15) is 15.9 Å². The zero-order chi connectivity index (χ0) is 21.7. The van der Waals surface area contributed by atoms with Gasteiger partial charge in [0.1, 0.15) is 11.2 Å². The SMILES string of the molecule is N[C@@H](Cc1ccc(O)cc1)C(=O)C1(C(=O)[O-])C=CC=CC1NC(=O)c1ccccc1.[Na+]. The summed E-state index contributed by atoms with van der Waals surface area (Å²) < 4.78 is 0. The van der Waals surface area contributed by atoms with Crippen LogP contribution in [-0.2, 0) is 16.0 Å². The molecule has 0 radical (unpaired) electrons. The number of aromatic hydroxyl groups is 1. The van der Waals surface area contributed by atoms with Gasteiger partial charge in [-0.15, -0.1) is 0 Å². The van der Waals surface area contributed by atoms with Gasteiger partial charge in [-0.05, 0) is 36.2 Å². The molecule has 2 aromatic carbocycles. The molecule has 0 saturated carbocycles. The largest absolute Gasteiger partial charge is 1.00 e. The maximum atomic E-state index is 13.2. The maximum absolute atomic E-state index is 13.2. The third-order valence-corrected chi connectivity index (χ3v) is 5.06. The molecule has 2 aromatic rings. The fourth-order valence-corrected chi connectivity index (χ4v) is 3.43. The maximum Gasteiger partial charge on any atom is 1.00 e. The van der Waals surface area contributed by atoms with E-state index in [4.69, 9.17) is 5.73 Å². The Labute approximate surface area is 201 Å². The summed E-state index contributed by atoms with van der Waals surface area (Å²) in [4.78, 5) is 38.0. The molecule has 3 rings (SSSR count). The number of Topliss-reactive ketones (excluding diaryl/α,β-unsaturated/α-hetero) is 1. The number of amides is 1. The zero-order valence-corrected chi connectivity index (χ0v) is 19.0. The first kappa shape index (κ1) is 24.6. The van der Waals surface area contributed by atoms with E-state index in [1.807, 2.05) is 0 Å². The van der Waals surface area contributed by atoms with E-state index < -0.39 is 35.2 Å². The van der Waals surface area contributed by atoms with Crippen LogP contribution in [-0.4, -0.2) is 34.8 Å². The molecule has 0 aliphatic heterocycles. The van der Waals surface area contributed by atoms with Crippen LogP contribution in [0.4, 0.5) is 0 Å². The molecule has 7 nitrogen and oxygen atoms in total. The van der Waals surface area contributed by atoms with Gasteiger partial charge in [0.15, 0.2) is 5.78 Å². The van der Waals surface area contributed by atoms with Gasteiger partial charge in [-0.1, -0.05) is 54.6 Å². The molecule has 0 bridgehead atoms. The van der Waals surface area contributed by atoms with Crippen LogP contribution < -0.4 is 45.7 Å². The summed E-state index contributed by atoms with van der Waals surface area (Å²) in [6.07, 6.45) is 5.67. The number of hydrogen-bond acceptors (Lipinski definition) is 6. The number of nitrogens with two attached hydrogens (primary N) is 1. The second kappa shape index (κ2) is 10.5. The number of carboxylic acids is 1. The quantitative estimate of drug-likeness (QED) is 0.330. The number of nitrogens with one attached hydrogen (secondary N) is 1. The first-order valence-electron chi connectivity index (χ1n) is 9.36. The van der Waals surface area contributed by atoms with Crippen molar-refractivity contribution >= 4 is 17.7 Å². The standard InChI is InChI=1S/C23H22N2O5.Na/c24-18(14-15-9-11-17(26)12-10-15)20(27)23(22(29)30)13-5-4-8-19(23)25-21(28)16-6-2-1-3-7-16;/h1-13,18-19,26H,14,24H2,(H,25,28)(H,29,30);/q;+1/p-1/t18-,19?,23?;/m0./s1. The molecule has 4 N–H and O–H groups in total. The van der Waals surface area contributed by atoms with E-state index in [1.54, 1.807) is 48.5 Å². The van der Waals surface area contributed by atoms with Gasteiger partial charge >= 0.3 is 29.6 Å². The molecule has 1 aliphatic carbocycles. The van der Waals surface area contributed by atoms with Crippen molar-refractivity contribution in [3.8, 4) is 5.75 Å². The number of rotatable bonds is 7. The number of phenols is 1. The van der Waals surface area contributed by atoms with Crippen LogP contribution in [0.3, 0.4) is 0 Å². The van der Waals surface area contributed by atoms with Crippen molar-refractivity contribution < 1.29 is 54.2 Å². The fourth-order valence-electron chi connectivity index (χ4n) is 3.43. The van der Waals surface area contributed by atoms with Gasteiger partial charge in [-0.2, -0.15) is 0 Å². The number of carboxylic acid groups (broad SMARTS) is 1. The Bertz CT molecular complexity index is 1000. The van der Waals surface area contributed by atoms with Crippen LogP contribution in [0.5, 0.6) is 5.75 Å². The first-order valence-corrected chi connectivity index (χ1v) is 9.36. The smallest absolute Gasteiger partial charge is 0.549 e. The summed E-state index contributed by atoms with van der Waals surface area (Å²) in [5, 5.41) is 24.2. The molecule has 0 aromatic heterocycles. The van der Waals surface area contributed by atoms with Gasteiger partial charge < -0.3 is 26.1 Å². The van der Waals surface area contributed by atoms with Crippen molar-refractivity contribution in [2.75, 3.05) is 0 Å². The number of aliphatic carboxylic acids is 1. The molecule has 1 aliphatic rings. The minimum atomic E-state index is -2.14. The second-order valence-electron chi connectivity index (χ2n) is 7.06. The van der Waals surface area contributed by atoms with E-state index in [-0.39, 0.29) is 41.7 Å². The Hall–Kier alpha value is -2.71. The summed E-state index contributed by atoms with van der Waals surface area (Å²) in [5.74, 6) is -2.89. The summed E-state index contributed by atoms with van der Waals surface area (Å²) >= 11 is 0. The number of carbonyl (C=O) groups is 3. The predicted molar refractivity (Wildman–Crippen MR) is 108 cm³/mol. The number of benzene rings is 2. The van der Waals surface area contributed by atoms with Crippen molar-refractivity contribution in [1.29, 1.82) is 0 Å². The van der Waals surface area contributed by atoms with Crippen LogP contribution >= 0.6 is 0 Å². The van der Waals surface area contributed by atoms with Crippen LogP contribution in [0.25, 0.3) is 0 Å². The Balaban J connectivity index is 0.00000341. The van der Waals surface area contributed by atoms with Crippen LogP contribution in [0.2, 0.25) is 0 Å². The molecule has 0 spiro atoms. The summed E-state index contributed by atoms with van der Waals surface area (Å²) in [6, 6.07) is 12.0. The molecule has 8 heteroatoms. The summed E-state index contributed by atoms with van der Waals surface area (Å²) in [7, 11) is 0. The fraction of sp³-hybridized carbons (Fsp3) is 0.174. The first-order chi connectivity index (χ1) is 14.3. The average Bonchev–Trinajstić information content (AvgIpc) is 2.75. The van der Waals surface area contributed by atoms with Crippen molar-refractivity contribution in [3.63, 3.8) is 0 Å². The summed E-state index contributed by atoms with van der Waals surface area (Å²) in [6.45, 7) is 0. The molecule has 31 heavy (non-hydrogen) atoms. The van der Waals surface area contributed by atoms with E-state index in [1.165, 1.54) is 30.4 Å². The van der Waals surface area contributed by atoms with Gasteiger partial charge in [0.25, 0.3) is 5.91 Å². The minimum absolute atomic E-state index is 0. The Morgan fingerprint density at radius 2 is 1.71 bits per heavy atom. The predicted octanol–water partition coefficient (Wildman–Crippen LogP) is -2.50. The molecule has 1 amide bonds. The van der Waals surface area contributed by atoms with E-state index in [9.17, 15) is 24.6 Å². The average molecular weight is 428 g/mol. The van der Waals surface area contributed by atoms with Gasteiger partial charge in [0, 0.05) is 5.56 Å². The molecule has 3 atom stereocenters. The van der Waals surface area contributed by atoms with Crippen molar-refractivity contribution in [2.24, 2.45) is 11.1 Å². The third-order valence-electron chi connectivity index (χ3n) is 5.06. The molecule has 0 fully saturated rings. The van der Waals surface area contributed by atoms with E-state index in [0.717, 1.165) is 0 Å². The number of phenolic OH excluding ortho intramolecular Hbond substituents is 1. The Morgan fingerprint density at radius 1 is 1.06 bits per heavy atom. The normalized spacial score (nSPS) is 20.4. The van der Waals surface area contributed by atoms with Gasteiger partial charge in [-0.3, -0.25) is 9.59 Å². The Morgan fingerprint density at radius 3 is 2.32 bits per heavy atom. The molecular weight excluding hydrogens is 407 g/mol. The molecule has 154 valence electrons. The topological polar surface area (TPSA) is 133 Å². The van der Waals surface area contributed by atoms with Gasteiger partial charge in [0.2, 0.25) is 0 Å². The molecule has 0 heterocycles. The number of carbonyl (C=O) groups excluding carboxylic acids is 3. The van der Waals surface area contributed by atoms with Crippen molar-refractivity contribution in [3.05, 3.63) is 90.0 Å². The molecule has 2 unspecified atom stereocenters. The monoisotopic (exact) mass is 428 g/mol. The van der Waals surface area contributed by atoms with Gasteiger partial charge in [-0.25, -0.2) is 0 Å². The van der Waals surface area contributed by atoms with E-state index in [0.29, 0.717) is 11.1 Å². The molecule has 0 saturated heterocycles. The van der Waals surface area contributed by atoms with Crippen LogP contribution in [0, 0.1) is 5.41 Å². The van der Waals surface area contributed by atoms with E-state index in [2.05, 4.69) is 5.32 Å². The summed E-state index contributed by atoms with van der Waals surface area (Å²) in [5.41, 5.74) is 4.91. The van der Waals surface area contributed by atoms with Crippen LogP contribution in [0.15, 0.2) is 78.9 Å². The minimum Gasteiger partial charge on any atom is -0.549 e. The van der Waals surface area contributed by atoms with Crippen molar-refractivity contribution in [2.45, 2.75) is 18.5 Å². The molecular formula is C23H21N2NaO5. The number of allylic oxidation sites excluding steroid dienone is 2. The Kier molecular flexibility index (Phi) is 8.36. The van der Waals surface area contributed by atoms with Crippen molar-refractivity contribution in [1.82, 2.24) is 5.32 Å².